The molecule has 1 aromatic rings. The normalized spacial score (nSPS) is 29.7. The van der Waals surface area contributed by atoms with Gasteiger partial charge in [-0.2, -0.15) is 0 Å². The number of hydrogen-bond donors (Lipinski definition) is 0. The maximum Gasteiger partial charge on any atom is 0.101 e. The Morgan fingerprint density at radius 2 is 2.18 bits per heavy atom. The molecule has 4 atom stereocenters. The van der Waals surface area contributed by atoms with Crippen LogP contribution in [0.1, 0.15) is 32.5 Å². The first-order chi connectivity index (χ1) is 7.96. The van der Waals surface area contributed by atoms with Crippen LogP contribution in [0.15, 0.2) is 37.1 Å². The fourth-order valence-corrected chi connectivity index (χ4v) is 3.29. The van der Waals surface area contributed by atoms with Crippen molar-refractivity contribution >= 4 is 11.0 Å². The quantitative estimate of drug-likeness (QED) is 0.610. The summed E-state index contributed by atoms with van der Waals surface area (Å²) >= 11 is 0. The number of hydrogen-bond acceptors (Lipinski definition) is 2. The summed E-state index contributed by atoms with van der Waals surface area (Å²) in [5.41, 5.74) is 0.968. The minimum Gasteiger partial charge on any atom is -0.260 e. The van der Waals surface area contributed by atoms with E-state index in [0.29, 0.717) is 0 Å². The van der Waals surface area contributed by atoms with Crippen molar-refractivity contribution in [2.24, 2.45) is 0 Å². The third-order valence-corrected chi connectivity index (χ3v) is 4.65. The van der Waals surface area contributed by atoms with Crippen molar-refractivity contribution < 1.29 is 4.21 Å². The van der Waals surface area contributed by atoms with Crippen molar-refractivity contribution in [2.75, 3.05) is 0 Å². The summed E-state index contributed by atoms with van der Waals surface area (Å²) < 4.78 is 14.1. The van der Waals surface area contributed by atoms with E-state index in [1.807, 2.05) is 49.4 Å². The lowest BCUT2D eigenvalue weighted by Gasteiger charge is -2.18. The van der Waals surface area contributed by atoms with Gasteiger partial charge in [-0.25, -0.2) is 8.51 Å². The SMILES string of the molecule is C=C[C@H]1[C@@H](c2ccccn2)N1[S@](=O)C(C)(C)C. The van der Waals surface area contributed by atoms with Crippen LogP contribution in [0.2, 0.25) is 0 Å². The maximum atomic E-state index is 12.3. The van der Waals surface area contributed by atoms with Crippen LogP contribution >= 0.6 is 0 Å². The Kier molecular flexibility index (Phi) is 3.19. The summed E-state index contributed by atoms with van der Waals surface area (Å²) in [4.78, 5) is 4.33. The Hall–Kier alpha value is -1.00. The molecule has 2 heterocycles. The molecular weight excluding hydrogens is 232 g/mol. The molecule has 1 aliphatic rings. The highest BCUT2D eigenvalue weighted by Gasteiger charge is 2.53. The highest BCUT2D eigenvalue weighted by Crippen LogP contribution is 2.46. The summed E-state index contributed by atoms with van der Waals surface area (Å²) in [7, 11) is -1.02. The first-order valence-corrected chi connectivity index (χ1v) is 6.81. The second kappa shape index (κ2) is 4.35. The lowest BCUT2D eigenvalue weighted by Crippen LogP contribution is -2.28. The van der Waals surface area contributed by atoms with Gasteiger partial charge in [0.15, 0.2) is 0 Å². The third kappa shape index (κ3) is 2.33. The molecule has 4 heteroatoms. The summed E-state index contributed by atoms with van der Waals surface area (Å²) in [6.07, 6.45) is 3.62. The first-order valence-electron chi connectivity index (χ1n) is 5.70. The molecule has 92 valence electrons. The predicted molar refractivity (Wildman–Crippen MR) is 70.7 cm³/mol. The van der Waals surface area contributed by atoms with Crippen molar-refractivity contribution in [1.29, 1.82) is 0 Å². The van der Waals surface area contributed by atoms with Crippen LogP contribution in [0.5, 0.6) is 0 Å². The van der Waals surface area contributed by atoms with Gasteiger partial charge in [0.2, 0.25) is 0 Å². The van der Waals surface area contributed by atoms with Crippen molar-refractivity contribution in [1.82, 2.24) is 9.29 Å². The highest BCUT2D eigenvalue weighted by molar-refractivity contribution is 7.84. The molecule has 1 saturated heterocycles. The Morgan fingerprint density at radius 1 is 1.47 bits per heavy atom. The molecule has 0 spiro atoms. The highest BCUT2D eigenvalue weighted by atomic mass is 32.2. The van der Waals surface area contributed by atoms with Crippen molar-refractivity contribution in [3.05, 3.63) is 42.7 Å². The van der Waals surface area contributed by atoms with E-state index in [4.69, 9.17) is 0 Å². The van der Waals surface area contributed by atoms with Gasteiger partial charge in [-0.15, -0.1) is 6.58 Å². The van der Waals surface area contributed by atoms with Gasteiger partial charge in [-0.3, -0.25) is 4.98 Å². The van der Waals surface area contributed by atoms with Crippen LogP contribution in [0.25, 0.3) is 0 Å². The van der Waals surface area contributed by atoms with Crippen molar-refractivity contribution in [3.8, 4) is 0 Å². The number of rotatable bonds is 3. The molecule has 0 aromatic carbocycles. The van der Waals surface area contributed by atoms with E-state index in [2.05, 4.69) is 11.6 Å². The molecule has 0 radical (unpaired) electrons. The number of pyridine rings is 1. The van der Waals surface area contributed by atoms with Gasteiger partial charge in [0.1, 0.15) is 11.0 Å². The lowest BCUT2D eigenvalue weighted by atomic mass is 10.2. The molecule has 1 aliphatic heterocycles. The molecule has 0 aliphatic carbocycles. The van der Waals surface area contributed by atoms with Crippen LogP contribution in [0.4, 0.5) is 0 Å². The molecule has 0 bridgehead atoms. The zero-order valence-corrected chi connectivity index (χ0v) is 11.3. The smallest absolute Gasteiger partial charge is 0.101 e. The molecule has 1 aromatic heterocycles. The zero-order valence-electron chi connectivity index (χ0n) is 10.5. The molecule has 17 heavy (non-hydrogen) atoms. The Labute approximate surface area is 105 Å². The van der Waals surface area contributed by atoms with Crippen LogP contribution in [-0.4, -0.2) is 24.3 Å². The average molecular weight is 250 g/mol. The van der Waals surface area contributed by atoms with Gasteiger partial charge in [-0.1, -0.05) is 12.1 Å². The van der Waals surface area contributed by atoms with Gasteiger partial charge < -0.3 is 0 Å². The van der Waals surface area contributed by atoms with Crippen LogP contribution in [-0.2, 0) is 11.0 Å². The van der Waals surface area contributed by atoms with E-state index in [9.17, 15) is 4.21 Å². The molecule has 3 nitrogen and oxygen atoms in total. The first kappa shape index (κ1) is 12.5. The molecule has 1 fully saturated rings. The monoisotopic (exact) mass is 250 g/mol. The summed E-state index contributed by atoms with van der Waals surface area (Å²) in [5, 5.41) is 0. The number of nitrogens with zero attached hydrogens (tertiary/aromatic N) is 2. The minimum atomic E-state index is -1.02. The van der Waals surface area contributed by atoms with Crippen molar-refractivity contribution in [3.63, 3.8) is 0 Å². The van der Waals surface area contributed by atoms with Gasteiger partial charge in [0.25, 0.3) is 0 Å². The Bertz CT molecular complexity index is 438. The fourth-order valence-electron chi connectivity index (χ4n) is 1.85. The topological polar surface area (TPSA) is 33.0 Å². The van der Waals surface area contributed by atoms with Crippen LogP contribution < -0.4 is 0 Å². The Balaban J connectivity index is 2.22. The molecule has 1 unspecified atom stereocenters. The average Bonchev–Trinajstić information content (AvgIpc) is 3.02. The van der Waals surface area contributed by atoms with Gasteiger partial charge in [-0.05, 0) is 32.9 Å². The largest absolute Gasteiger partial charge is 0.260 e. The summed E-state index contributed by atoms with van der Waals surface area (Å²) in [6.45, 7) is 9.76. The standard InChI is InChI=1S/C13H18N2OS/c1-5-11-12(10-8-6-7-9-14-10)15(11)17(16)13(2,3)4/h5-9,11-12H,1H2,2-4H3/t11-,12+,15?,17+/m0/s1. The third-order valence-electron chi connectivity index (χ3n) is 2.75. The van der Waals surface area contributed by atoms with E-state index >= 15 is 0 Å². The second-order valence-corrected chi connectivity index (χ2v) is 7.29. The van der Waals surface area contributed by atoms with Crippen LogP contribution in [0.3, 0.4) is 0 Å². The van der Waals surface area contributed by atoms with E-state index in [-0.39, 0.29) is 16.8 Å². The summed E-state index contributed by atoms with van der Waals surface area (Å²) in [5.74, 6) is 0. The van der Waals surface area contributed by atoms with E-state index in [1.165, 1.54) is 0 Å². The lowest BCUT2D eigenvalue weighted by molar-refractivity contribution is 0.602. The molecule has 0 N–H and O–H groups in total. The predicted octanol–water partition coefficient (Wildman–Crippen LogP) is 2.46. The van der Waals surface area contributed by atoms with Crippen molar-refractivity contribution in [2.45, 2.75) is 37.6 Å². The van der Waals surface area contributed by atoms with E-state index < -0.39 is 11.0 Å². The fraction of sp³-hybridized carbons (Fsp3) is 0.462. The van der Waals surface area contributed by atoms with Gasteiger partial charge >= 0.3 is 0 Å². The van der Waals surface area contributed by atoms with Gasteiger partial charge in [0.05, 0.1) is 22.5 Å². The molecule has 2 rings (SSSR count). The second-order valence-electron chi connectivity index (χ2n) is 5.15. The zero-order chi connectivity index (χ0) is 12.6. The number of aromatic nitrogens is 1. The van der Waals surface area contributed by atoms with E-state index in [0.717, 1.165) is 5.69 Å². The van der Waals surface area contributed by atoms with Gasteiger partial charge in [0, 0.05) is 6.20 Å². The summed E-state index contributed by atoms with van der Waals surface area (Å²) in [6, 6.07) is 6.08. The maximum absolute atomic E-state index is 12.3. The molecular formula is C13H18N2OS. The molecule has 0 amide bonds. The Morgan fingerprint density at radius 3 is 2.65 bits per heavy atom. The molecule has 0 saturated carbocycles. The minimum absolute atomic E-state index is 0.119. The van der Waals surface area contributed by atoms with E-state index in [1.54, 1.807) is 6.20 Å². The van der Waals surface area contributed by atoms with Crippen LogP contribution in [0, 0.1) is 0 Å².